The van der Waals surface area contributed by atoms with Crippen LogP contribution >= 0.6 is 0 Å². The van der Waals surface area contributed by atoms with Crippen LogP contribution in [0.1, 0.15) is 25.1 Å². The molecule has 1 aromatic heterocycles. The maximum absolute atomic E-state index is 4.22. The molecule has 0 radical (unpaired) electrons. The van der Waals surface area contributed by atoms with Crippen molar-refractivity contribution in [2.45, 2.75) is 33.2 Å². The lowest BCUT2D eigenvalue weighted by Gasteiger charge is -2.14. The van der Waals surface area contributed by atoms with Gasteiger partial charge in [-0.15, -0.1) is 0 Å². The summed E-state index contributed by atoms with van der Waals surface area (Å²) >= 11 is 0. The van der Waals surface area contributed by atoms with Crippen molar-refractivity contribution in [3.05, 3.63) is 35.5 Å². The van der Waals surface area contributed by atoms with Crippen molar-refractivity contribution in [2.24, 2.45) is 4.99 Å². The van der Waals surface area contributed by atoms with Crippen molar-refractivity contribution in [1.29, 1.82) is 0 Å². The lowest BCUT2D eigenvalue weighted by Crippen LogP contribution is -2.41. The highest BCUT2D eigenvalue weighted by Crippen LogP contribution is 2.21. The molecule has 0 spiro atoms. The van der Waals surface area contributed by atoms with Gasteiger partial charge in [-0.25, -0.2) is 0 Å². The quantitative estimate of drug-likeness (QED) is 0.592. The van der Waals surface area contributed by atoms with Crippen molar-refractivity contribution in [1.82, 2.24) is 15.6 Å². The molecule has 0 fully saturated rings. The topological polar surface area (TPSA) is 52.2 Å². The van der Waals surface area contributed by atoms with Crippen molar-refractivity contribution >= 4 is 16.9 Å². The van der Waals surface area contributed by atoms with Crippen molar-refractivity contribution in [3.8, 4) is 0 Å². The molecule has 108 valence electrons. The molecule has 0 saturated carbocycles. The van der Waals surface area contributed by atoms with Crippen LogP contribution in [-0.4, -0.2) is 30.6 Å². The predicted molar refractivity (Wildman–Crippen MR) is 86.4 cm³/mol. The Kier molecular flexibility index (Phi) is 4.66. The number of fused-ring (bicyclic) bond motifs is 1. The van der Waals surface area contributed by atoms with E-state index in [0.717, 1.165) is 18.9 Å². The standard InChI is InChI=1S/C16H24N4/c1-11(2)19-16(17-4)18-10-9-13-12(3)20-15-8-6-5-7-14(13)15/h5-8,11,20H,9-10H2,1-4H3,(H2,17,18,19). The molecule has 0 atom stereocenters. The number of H-pyrrole nitrogens is 1. The number of aromatic amines is 1. The fourth-order valence-electron chi connectivity index (χ4n) is 2.43. The maximum atomic E-state index is 4.22. The third kappa shape index (κ3) is 3.32. The van der Waals surface area contributed by atoms with E-state index in [9.17, 15) is 0 Å². The molecule has 3 N–H and O–H groups in total. The van der Waals surface area contributed by atoms with Crippen LogP contribution in [0.15, 0.2) is 29.3 Å². The summed E-state index contributed by atoms with van der Waals surface area (Å²) in [5, 5.41) is 7.97. The highest BCUT2D eigenvalue weighted by molar-refractivity contribution is 5.84. The Morgan fingerprint density at radius 1 is 1.30 bits per heavy atom. The summed E-state index contributed by atoms with van der Waals surface area (Å²) in [5.74, 6) is 0.859. The first-order valence-electron chi connectivity index (χ1n) is 7.15. The fourth-order valence-corrected chi connectivity index (χ4v) is 2.43. The summed E-state index contributed by atoms with van der Waals surface area (Å²) in [6, 6.07) is 8.84. The Bertz CT molecular complexity index is 596. The third-order valence-corrected chi connectivity index (χ3v) is 3.34. The van der Waals surface area contributed by atoms with Gasteiger partial charge < -0.3 is 15.6 Å². The van der Waals surface area contributed by atoms with Gasteiger partial charge in [0.1, 0.15) is 0 Å². The molecule has 0 saturated heterocycles. The molecule has 1 heterocycles. The van der Waals surface area contributed by atoms with Gasteiger partial charge in [-0.1, -0.05) is 18.2 Å². The maximum Gasteiger partial charge on any atom is 0.191 e. The van der Waals surface area contributed by atoms with Gasteiger partial charge in [0.05, 0.1) is 0 Å². The zero-order chi connectivity index (χ0) is 14.5. The molecule has 4 heteroatoms. The van der Waals surface area contributed by atoms with Gasteiger partial charge in [-0.05, 0) is 38.8 Å². The van der Waals surface area contributed by atoms with Crippen LogP contribution in [0.4, 0.5) is 0 Å². The number of aliphatic imine (C=N–C) groups is 1. The van der Waals surface area contributed by atoms with Gasteiger partial charge in [-0.3, -0.25) is 4.99 Å². The zero-order valence-corrected chi connectivity index (χ0v) is 12.7. The van der Waals surface area contributed by atoms with E-state index >= 15 is 0 Å². The van der Waals surface area contributed by atoms with Gasteiger partial charge in [0, 0.05) is 36.2 Å². The van der Waals surface area contributed by atoms with Gasteiger partial charge >= 0.3 is 0 Å². The summed E-state index contributed by atoms with van der Waals surface area (Å²) in [6.07, 6.45) is 0.981. The third-order valence-electron chi connectivity index (χ3n) is 3.34. The Morgan fingerprint density at radius 3 is 2.75 bits per heavy atom. The number of guanidine groups is 1. The van der Waals surface area contributed by atoms with Crippen LogP contribution in [0.2, 0.25) is 0 Å². The average Bonchev–Trinajstić information content (AvgIpc) is 2.73. The van der Waals surface area contributed by atoms with E-state index in [1.807, 2.05) is 0 Å². The minimum Gasteiger partial charge on any atom is -0.358 e. The molecule has 1 aromatic carbocycles. The van der Waals surface area contributed by atoms with Crippen molar-refractivity contribution in [2.75, 3.05) is 13.6 Å². The largest absolute Gasteiger partial charge is 0.358 e. The van der Waals surface area contributed by atoms with Crippen molar-refractivity contribution in [3.63, 3.8) is 0 Å². The second kappa shape index (κ2) is 6.46. The molecule has 20 heavy (non-hydrogen) atoms. The van der Waals surface area contributed by atoms with Crippen LogP contribution < -0.4 is 10.6 Å². The zero-order valence-electron chi connectivity index (χ0n) is 12.7. The summed E-state index contributed by atoms with van der Waals surface area (Å²) in [6.45, 7) is 7.22. The normalized spacial score (nSPS) is 12.2. The average molecular weight is 272 g/mol. The van der Waals surface area contributed by atoms with Crippen molar-refractivity contribution < 1.29 is 0 Å². The van der Waals surface area contributed by atoms with Crippen LogP contribution in [0.3, 0.4) is 0 Å². The fraction of sp³-hybridized carbons (Fsp3) is 0.438. The molecule has 2 aromatic rings. The number of aromatic nitrogens is 1. The molecule has 2 rings (SSSR count). The summed E-state index contributed by atoms with van der Waals surface area (Å²) in [5.41, 5.74) is 3.84. The van der Waals surface area contributed by atoms with Gasteiger partial charge in [0.15, 0.2) is 5.96 Å². The van der Waals surface area contributed by atoms with Gasteiger partial charge in [0.2, 0.25) is 0 Å². The van der Waals surface area contributed by atoms with E-state index < -0.39 is 0 Å². The van der Waals surface area contributed by atoms with E-state index in [4.69, 9.17) is 0 Å². The summed E-state index contributed by atoms with van der Waals surface area (Å²) in [4.78, 5) is 7.66. The number of nitrogens with one attached hydrogen (secondary N) is 3. The molecule has 0 aliphatic carbocycles. The van der Waals surface area contributed by atoms with E-state index in [0.29, 0.717) is 6.04 Å². The van der Waals surface area contributed by atoms with E-state index in [1.165, 1.54) is 22.2 Å². The first-order chi connectivity index (χ1) is 9.61. The number of rotatable bonds is 4. The lowest BCUT2D eigenvalue weighted by atomic mass is 10.1. The van der Waals surface area contributed by atoms with Crippen LogP contribution in [0.25, 0.3) is 10.9 Å². The Labute approximate surface area is 120 Å². The predicted octanol–water partition coefficient (Wildman–Crippen LogP) is 2.59. The number of nitrogens with zero attached hydrogens (tertiary/aromatic N) is 1. The minimum absolute atomic E-state index is 0.385. The minimum atomic E-state index is 0.385. The van der Waals surface area contributed by atoms with Gasteiger partial charge in [0.25, 0.3) is 0 Å². The molecule has 0 bridgehead atoms. The molecule has 4 nitrogen and oxygen atoms in total. The number of benzene rings is 1. The van der Waals surface area contributed by atoms with Crippen LogP contribution in [0, 0.1) is 6.92 Å². The molecule has 0 aliphatic heterocycles. The lowest BCUT2D eigenvalue weighted by molar-refractivity contribution is 0.698. The Morgan fingerprint density at radius 2 is 2.05 bits per heavy atom. The number of para-hydroxylation sites is 1. The highest BCUT2D eigenvalue weighted by Gasteiger charge is 2.07. The summed E-state index contributed by atoms with van der Waals surface area (Å²) < 4.78 is 0. The first kappa shape index (κ1) is 14.4. The smallest absolute Gasteiger partial charge is 0.191 e. The Hall–Kier alpha value is -1.97. The van der Waals surface area contributed by atoms with E-state index in [1.54, 1.807) is 7.05 Å². The SMILES string of the molecule is CN=C(NCCc1c(C)[nH]c2ccccc12)NC(C)C. The first-order valence-corrected chi connectivity index (χ1v) is 7.15. The monoisotopic (exact) mass is 272 g/mol. The number of hydrogen-bond acceptors (Lipinski definition) is 1. The second-order valence-corrected chi connectivity index (χ2v) is 5.32. The number of aryl methyl sites for hydroxylation is 1. The second-order valence-electron chi connectivity index (χ2n) is 5.32. The van der Waals surface area contributed by atoms with Crippen LogP contribution in [0.5, 0.6) is 0 Å². The Balaban J connectivity index is 2.01. The van der Waals surface area contributed by atoms with Crippen LogP contribution in [-0.2, 0) is 6.42 Å². The van der Waals surface area contributed by atoms with E-state index in [2.05, 4.69) is 65.6 Å². The molecule has 0 unspecified atom stereocenters. The molecular formula is C16H24N4. The van der Waals surface area contributed by atoms with Gasteiger partial charge in [-0.2, -0.15) is 0 Å². The highest BCUT2D eigenvalue weighted by atomic mass is 15.2. The molecule has 0 amide bonds. The molecule has 0 aliphatic rings. The number of hydrogen-bond donors (Lipinski definition) is 3. The molecular weight excluding hydrogens is 248 g/mol. The van der Waals surface area contributed by atoms with E-state index in [-0.39, 0.29) is 0 Å². The summed E-state index contributed by atoms with van der Waals surface area (Å²) in [7, 11) is 1.80.